The molecule has 7 nitrogen and oxygen atoms in total. The largest absolute Gasteiger partial charge is 0.354 e. The van der Waals surface area contributed by atoms with Gasteiger partial charge in [0.2, 0.25) is 11.8 Å². The third-order valence-corrected chi connectivity index (χ3v) is 8.47. The number of unbranched alkanes of at least 4 members (excludes halogenated alkanes) is 1. The van der Waals surface area contributed by atoms with Crippen LogP contribution in [0.15, 0.2) is 88.2 Å². The van der Waals surface area contributed by atoms with Crippen molar-refractivity contribution in [2.45, 2.75) is 50.6 Å². The van der Waals surface area contributed by atoms with Crippen LogP contribution in [0.3, 0.4) is 0 Å². The second kappa shape index (κ2) is 14.2. The van der Waals surface area contributed by atoms with Gasteiger partial charge < -0.3 is 10.2 Å². The van der Waals surface area contributed by atoms with Crippen LogP contribution < -0.4 is 9.62 Å². The minimum absolute atomic E-state index is 0.0104. The molecule has 3 aromatic carbocycles. The molecule has 2 amide bonds. The van der Waals surface area contributed by atoms with E-state index in [0.717, 1.165) is 17.1 Å². The lowest BCUT2D eigenvalue weighted by molar-refractivity contribution is -0.140. The lowest BCUT2D eigenvalue weighted by Gasteiger charge is -2.33. The molecule has 10 heteroatoms. The summed E-state index contributed by atoms with van der Waals surface area (Å²) in [7, 11) is -4.13. The molecule has 0 aliphatic rings. The Bertz CT molecular complexity index is 1350. The summed E-state index contributed by atoms with van der Waals surface area (Å²) in [5, 5.41) is 2.88. The van der Waals surface area contributed by atoms with Gasteiger partial charge in [0, 0.05) is 17.6 Å². The van der Waals surface area contributed by atoms with Gasteiger partial charge in [-0.3, -0.25) is 13.9 Å². The van der Waals surface area contributed by atoms with Crippen molar-refractivity contribution < 1.29 is 22.4 Å². The van der Waals surface area contributed by atoms with E-state index < -0.39 is 34.3 Å². The predicted octanol–water partition coefficient (Wildman–Crippen LogP) is 5.51. The molecule has 0 fully saturated rings. The van der Waals surface area contributed by atoms with Crippen molar-refractivity contribution in [1.82, 2.24) is 10.2 Å². The number of anilines is 1. The topological polar surface area (TPSA) is 86.8 Å². The smallest absolute Gasteiger partial charge is 0.264 e. The Morgan fingerprint density at radius 3 is 2.28 bits per heavy atom. The van der Waals surface area contributed by atoms with E-state index in [4.69, 9.17) is 0 Å². The zero-order valence-electron chi connectivity index (χ0n) is 22.0. The number of halogens is 2. The Morgan fingerprint density at radius 1 is 0.974 bits per heavy atom. The molecular formula is C29H33BrFN3O4S. The number of hydrogen-bond donors (Lipinski definition) is 1. The number of amides is 2. The lowest BCUT2D eigenvalue weighted by Crippen LogP contribution is -2.52. The third-order valence-electron chi connectivity index (χ3n) is 6.19. The van der Waals surface area contributed by atoms with E-state index in [9.17, 15) is 22.4 Å². The minimum Gasteiger partial charge on any atom is -0.354 e. The Morgan fingerprint density at radius 2 is 1.67 bits per heavy atom. The van der Waals surface area contributed by atoms with Crippen LogP contribution in [0.1, 0.15) is 38.7 Å². The van der Waals surface area contributed by atoms with Gasteiger partial charge in [0.25, 0.3) is 10.0 Å². The number of benzene rings is 3. The highest BCUT2D eigenvalue weighted by Crippen LogP contribution is 2.27. The molecule has 0 saturated heterocycles. The van der Waals surface area contributed by atoms with Gasteiger partial charge in [0.15, 0.2) is 0 Å². The quantitative estimate of drug-likeness (QED) is 0.256. The number of carbonyl (C=O) groups excluding carboxylic acids is 2. The van der Waals surface area contributed by atoms with Gasteiger partial charge >= 0.3 is 0 Å². The Hall–Kier alpha value is -3.24. The molecule has 0 aliphatic heterocycles. The van der Waals surface area contributed by atoms with Crippen molar-refractivity contribution in [3.05, 3.63) is 94.7 Å². The molecule has 0 heterocycles. The van der Waals surface area contributed by atoms with E-state index in [1.54, 1.807) is 61.5 Å². The molecule has 1 N–H and O–H groups in total. The molecule has 0 radical (unpaired) electrons. The van der Waals surface area contributed by atoms with Crippen molar-refractivity contribution in [1.29, 1.82) is 0 Å². The van der Waals surface area contributed by atoms with Crippen molar-refractivity contribution in [3.63, 3.8) is 0 Å². The van der Waals surface area contributed by atoms with Gasteiger partial charge in [-0.25, -0.2) is 12.8 Å². The predicted molar refractivity (Wildman–Crippen MR) is 154 cm³/mol. The molecule has 0 bridgehead atoms. The first kappa shape index (κ1) is 30.3. The van der Waals surface area contributed by atoms with Crippen molar-refractivity contribution in [3.8, 4) is 0 Å². The van der Waals surface area contributed by atoms with Crippen LogP contribution in [0, 0.1) is 5.82 Å². The summed E-state index contributed by atoms with van der Waals surface area (Å²) in [6.07, 6.45) is 2.00. The van der Waals surface area contributed by atoms with Crippen LogP contribution in [0.4, 0.5) is 10.1 Å². The molecule has 208 valence electrons. The van der Waals surface area contributed by atoms with Crippen molar-refractivity contribution >= 4 is 43.5 Å². The maximum absolute atomic E-state index is 13.9. The number of nitrogens with one attached hydrogen (secondary N) is 1. The van der Waals surface area contributed by atoms with E-state index in [1.807, 2.05) is 6.92 Å². The Kier molecular flexibility index (Phi) is 11.1. The highest BCUT2D eigenvalue weighted by molar-refractivity contribution is 9.10. The third kappa shape index (κ3) is 8.12. The summed E-state index contributed by atoms with van der Waals surface area (Å²) in [6.45, 7) is 3.75. The van der Waals surface area contributed by atoms with Crippen LogP contribution in [0.5, 0.6) is 0 Å². The summed E-state index contributed by atoms with van der Waals surface area (Å²) >= 11 is 3.38. The number of hydrogen-bond acceptors (Lipinski definition) is 4. The maximum atomic E-state index is 13.9. The summed E-state index contributed by atoms with van der Waals surface area (Å²) in [5.41, 5.74) is 0.910. The summed E-state index contributed by atoms with van der Waals surface area (Å²) in [5.74, 6) is -1.30. The summed E-state index contributed by atoms with van der Waals surface area (Å²) < 4.78 is 42.8. The normalized spacial score (nSPS) is 12.0. The van der Waals surface area contributed by atoms with Crippen LogP contribution in [-0.2, 0) is 26.2 Å². The molecule has 0 aromatic heterocycles. The monoisotopic (exact) mass is 617 g/mol. The van der Waals surface area contributed by atoms with E-state index in [2.05, 4.69) is 21.2 Å². The van der Waals surface area contributed by atoms with Gasteiger partial charge in [0.05, 0.1) is 10.6 Å². The standard InChI is InChI=1S/C29H33BrFN3O4S/c1-3-5-18-32-29(36)27(4-2)33(20-22-14-16-24(31)17-15-22)28(35)21-34(25-11-9-10-23(30)19-25)39(37,38)26-12-7-6-8-13-26/h6-17,19,27H,3-5,18,20-21H2,1-2H3,(H,32,36). The van der Waals surface area contributed by atoms with Gasteiger partial charge in [-0.1, -0.05) is 72.6 Å². The van der Waals surface area contributed by atoms with Crippen LogP contribution in [0.2, 0.25) is 0 Å². The van der Waals surface area contributed by atoms with Crippen molar-refractivity contribution in [2.75, 3.05) is 17.4 Å². The lowest BCUT2D eigenvalue weighted by atomic mass is 10.1. The van der Waals surface area contributed by atoms with E-state index in [0.29, 0.717) is 28.7 Å². The first-order valence-corrected chi connectivity index (χ1v) is 15.1. The Labute approximate surface area is 238 Å². The minimum atomic E-state index is -4.13. The molecule has 3 aromatic rings. The molecule has 0 spiro atoms. The zero-order valence-corrected chi connectivity index (χ0v) is 24.4. The van der Waals surface area contributed by atoms with Crippen LogP contribution in [0.25, 0.3) is 0 Å². The second-order valence-corrected chi connectivity index (χ2v) is 11.8. The number of rotatable bonds is 13. The van der Waals surface area contributed by atoms with Gasteiger partial charge in [-0.15, -0.1) is 0 Å². The van der Waals surface area contributed by atoms with Crippen LogP contribution in [-0.4, -0.2) is 44.3 Å². The highest BCUT2D eigenvalue weighted by Gasteiger charge is 2.33. The number of nitrogens with zero attached hydrogens (tertiary/aromatic N) is 2. The molecule has 3 rings (SSSR count). The van der Waals surface area contributed by atoms with E-state index >= 15 is 0 Å². The van der Waals surface area contributed by atoms with Gasteiger partial charge in [-0.2, -0.15) is 0 Å². The fourth-order valence-electron chi connectivity index (χ4n) is 4.09. The fraction of sp³-hybridized carbons (Fsp3) is 0.310. The van der Waals surface area contributed by atoms with E-state index in [1.165, 1.54) is 29.2 Å². The Balaban J connectivity index is 2.02. The van der Waals surface area contributed by atoms with Crippen LogP contribution >= 0.6 is 15.9 Å². The molecule has 0 aliphatic carbocycles. The SMILES string of the molecule is CCCCNC(=O)C(CC)N(Cc1ccc(F)cc1)C(=O)CN(c1cccc(Br)c1)S(=O)(=O)c1ccccc1. The summed E-state index contributed by atoms with van der Waals surface area (Å²) in [4.78, 5) is 28.5. The molecular weight excluding hydrogens is 585 g/mol. The molecule has 0 saturated carbocycles. The first-order valence-electron chi connectivity index (χ1n) is 12.8. The average molecular weight is 619 g/mol. The average Bonchev–Trinajstić information content (AvgIpc) is 2.93. The number of carbonyl (C=O) groups is 2. The second-order valence-electron chi connectivity index (χ2n) is 9.02. The van der Waals surface area contributed by atoms with Crippen molar-refractivity contribution in [2.24, 2.45) is 0 Å². The fourth-order valence-corrected chi connectivity index (χ4v) is 5.91. The molecule has 1 atom stereocenters. The summed E-state index contributed by atoms with van der Waals surface area (Å²) in [6, 6.07) is 19.4. The number of sulfonamides is 1. The van der Waals surface area contributed by atoms with Gasteiger partial charge in [0.1, 0.15) is 18.4 Å². The zero-order chi connectivity index (χ0) is 28.4. The molecule has 1 unspecified atom stereocenters. The highest BCUT2D eigenvalue weighted by atomic mass is 79.9. The van der Waals surface area contributed by atoms with E-state index in [-0.39, 0.29) is 17.3 Å². The maximum Gasteiger partial charge on any atom is 0.264 e. The first-order chi connectivity index (χ1) is 18.7. The van der Waals surface area contributed by atoms with Gasteiger partial charge in [-0.05, 0) is 60.9 Å². The molecule has 39 heavy (non-hydrogen) atoms.